The molecule has 0 aliphatic heterocycles. The fourth-order valence-electron chi connectivity index (χ4n) is 2.25. The molecular weight excluding hydrogens is 228 g/mol. The van der Waals surface area contributed by atoms with Crippen LogP contribution in [0.3, 0.4) is 0 Å². The Morgan fingerprint density at radius 3 is 2.41 bits per heavy atom. The zero-order chi connectivity index (χ0) is 12.7. The van der Waals surface area contributed by atoms with Crippen molar-refractivity contribution in [3.8, 4) is 0 Å². The third-order valence-electron chi connectivity index (χ3n) is 3.12. The van der Waals surface area contributed by atoms with E-state index in [-0.39, 0.29) is 38.1 Å². The average Bonchev–Trinajstić information content (AvgIpc) is 2.63. The minimum atomic E-state index is -0.557. The van der Waals surface area contributed by atoms with Crippen LogP contribution in [-0.2, 0) is 18.9 Å². The number of aliphatic hydroxyl groups is 2. The molecular formula is C11H22O6. The molecule has 4 atom stereocenters. The molecule has 102 valence electrons. The summed E-state index contributed by atoms with van der Waals surface area (Å²) in [6.45, 7) is 0.692. The highest BCUT2D eigenvalue weighted by Crippen LogP contribution is 2.34. The van der Waals surface area contributed by atoms with Gasteiger partial charge in [-0.2, -0.15) is 0 Å². The molecule has 0 heterocycles. The topological polar surface area (TPSA) is 77.4 Å². The first kappa shape index (κ1) is 14.8. The molecule has 1 fully saturated rings. The Kier molecular flexibility index (Phi) is 6.94. The Bertz CT molecular complexity index is 200. The van der Waals surface area contributed by atoms with Gasteiger partial charge in [-0.05, 0) is 0 Å². The van der Waals surface area contributed by atoms with Crippen molar-refractivity contribution in [1.82, 2.24) is 0 Å². The van der Waals surface area contributed by atoms with Gasteiger partial charge in [-0.3, -0.25) is 0 Å². The van der Waals surface area contributed by atoms with E-state index in [1.165, 1.54) is 0 Å². The molecule has 2 N–H and O–H groups in total. The molecule has 0 aromatic heterocycles. The van der Waals surface area contributed by atoms with Crippen molar-refractivity contribution in [3.63, 3.8) is 0 Å². The molecule has 0 spiro atoms. The summed E-state index contributed by atoms with van der Waals surface area (Å²) in [6, 6.07) is 0. The largest absolute Gasteiger partial charge is 0.396 e. The van der Waals surface area contributed by atoms with Gasteiger partial charge in [0.05, 0.1) is 18.8 Å². The van der Waals surface area contributed by atoms with Gasteiger partial charge < -0.3 is 29.2 Å². The van der Waals surface area contributed by atoms with Crippen LogP contribution in [-0.4, -0.2) is 63.4 Å². The summed E-state index contributed by atoms with van der Waals surface area (Å²) in [5, 5.41) is 19.1. The lowest BCUT2D eigenvalue weighted by atomic mass is 9.95. The van der Waals surface area contributed by atoms with Crippen LogP contribution in [0.15, 0.2) is 0 Å². The number of rotatable bonds is 8. The summed E-state index contributed by atoms with van der Waals surface area (Å²) >= 11 is 0. The third kappa shape index (κ3) is 4.17. The van der Waals surface area contributed by atoms with Crippen LogP contribution in [0, 0.1) is 11.8 Å². The molecule has 0 amide bonds. The van der Waals surface area contributed by atoms with Crippen LogP contribution in [0.5, 0.6) is 0 Å². The van der Waals surface area contributed by atoms with E-state index >= 15 is 0 Å². The SMILES string of the molecule is COCOC[C@H]1[C@H](CO)[C@H](O)C[C@@H]1OCOC. The van der Waals surface area contributed by atoms with Gasteiger partial charge in [0.2, 0.25) is 0 Å². The van der Waals surface area contributed by atoms with Crippen LogP contribution < -0.4 is 0 Å². The van der Waals surface area contributed by atoms with Crippen molar-refractivity contribution in [3.05, 3.63) is 0 Å². The number of hydrogen-bond donors (Lipinski definition) is 2. The van der Waals surface area contributed by atoms with E-state index in [1.807, 2.05) is 0 Å². The zero-order valence-corrected chi connectivity index (χ0v) is 10.4. The number of methoxy groups -OCH3 is 2. The summed E-state index contributed by atoms with van der Waals surface area (Å²) < 4.78 is 20.4. The predicted octanol–water partition coefficient (Wildman–Crippen LogP) is -0.415. The fourth-order valence-corrected chi connectivity index (χ4v) is 2.25. The van der Waals surface area contributed by atoms with Crippen LogP contribution in [0.4, 0.5) is 0 Å². The molecule has 1 rings (SSSR count). The first-order valence-corrected chi connectivity index (χ1v) is 5.70. The second-order valence-corrected chi connectivity index (χ2v) is 4.20. The Morgan fingerprint density at radius 1 is 1.12 bits per heavy atom. The second kappa shape index (κ2) is 7.97. The lowest BCUT2D eigenvalue weighted by Crippen LogP contribution is -2.31. The monoisotopic (exact) mass is 250 g/mol. The van der Waals surface area contributed by atoms with Crippen molar-refractivity contribution >= 4 is 0 Å². The first-order chi connectivity index (χ1) is 8.24. The number of aliphatic hydroxyl groups excluding tert-OH is 2. The maximum atomic E-state index is 9.82. The number of hydrogen-bond acceptors (Lipinski definition) is 6. The molecule has 0 radical (unpaired) electrons. The van der Waals surface area contributed by atoms with Gasteiger partial charge in [-0.25, -0.2) is 0 Å². The molecule has 0 aromatic rings. The Labute approximate surface area is 101 Å². The summed E-state index contributed by atoms with van der Waals surface area (Å²) in [6.07, 6.45) is -0.216. The van der Waals surface area contributed by atoms with Crippen LogP contribution >= 0.6 is 0 Å². The molecule has 6 nitrogen and oxygen atoms in total. The zero-order valence-electron chi connectivity index (χ0n) is 10.4. The van der Waals surface area contributed by atoms with Crippen LogP contribution in [0.1, 0.15) is 6.42 Å². The fraction of sp³-hybridized carbons (Fsp3) is 1.00. The van der Waals surface area contributed by atoms with E-state index in [2.05, 4.69) is 0 Å². The van der Waals surface area contributed by atoms with Gasteiger partial charge >= 0.3 is 0 Å². The normalized spacial score (nSPS) is 33.2. The van der Waals surface area contributed by atoms with Gasteiger partial charge in [0.25, 0.3) is 0 Å². The third-order valence-corrected chi connectivity index (χ3v) is 3.12. The molecule has 1 aliphatic carbocycles. The molecule has 17 heavy (non-hydrogen) atoms. The summed E-state index contributed by atoms with van der Waals surface area (Å²) in [5.41, 5.74) is 0. The molecule has 0 saturated heterocycles. The Balaban J connectivity index is 2.49. The quantitative estimate of drug-likeness (QED) is 0.450. The van der Waals surface area contributed by atoms with E-state index in [0.29, 0.717) is 13.0 Å². The van der Waals surface area contributed by atoms with E-state index in [0.717, 1.165) is 0 Å². The molecule has 0 unspecified atom stereocenters. The lowest BCUT2D eigenvalue weighted by molar-refractivity contribution is -0.113. The van der Waals surface area contributed by atoms with E-state index < -0.39 is 6.10 Å². The molecule has 6 heteroatoms. The smallest absolute Gasteiger partial charge is 0.146 e. The molecule has 0 bridgehead atoms. The lowest BCUT2D eigenvalue weighted by Gasteiger charge is -2.23. The van der Waals surface area contributed by atoms with Crippen molar-refractivity contribution in [2.45, 2.75) is 18.6 Å². The maximum absolute atomic E-state index is 9.82. The van der Waals surface area contributed by atoms with Crippen LogP contribution in [0.25, 0.3) is 0 Å². The standard InChI is InChI=1S/C11H22O6/c1-14-6-16-5-9-8(4-12)10(13)3-11(9)17-7-15-2/h8-13H,3-7H2,1-2H3/t8-,9-,10+,11-/m0/s1. The Morgan fingerprint density at radius 2 is 1.82 bits per heavy atom. The number of ether oxygens (including phenoxy) is 4. The second-order valence-electron chi connectivity index (χ2n) is 4.20. The van der Waals surface area contributed by atoms with Gasteiger partial charge in [-0.15, -0.1) is 0 Å². The maximum Gasteiger partial charge on any atom is 0.146 e. The van der Waals surface area contributed by atoms with Gasteiger partial charge in [-0.1, -0.05) is 0 Å². The molecule has 0 aromatic carbocycles. The van der Waals surface area contributed by atoms with E-state index in [4.69, 9.17) is 18.9 Å². The highest BCUT2D eigenvalue weighted by molar-refractivity contribution is 4.91. The first-order valence-electron chi connectivity index (χ1n) is 5.70. The van der Waals surface area contributed by atoms with Crippen molar-refractivity contribution < 1.29 is 29.2 Å². The van der Waals surface area contributed by atoms with Crippen LogP contribution in [0.2, 0.25) is 0 Å². The summed E-state index contributed by atoms with van der Waals surface area (Å²) in [4.78, 5) is 0. The average molecular weight is 250 g/mol. The van der Waals surface area contributed by atoms with E-state index in [1.54, 1.807) is 14.2 Å². The summed E-state index contributed by atoms with van der Waals surface area (Å²) in [7, 11) is 3.09. The summed E-state index contributed by atoms with van der Waals surface area (Å²) in [5.74, 6) is -0.256. The van der Waals surface area contributed by atoms with Gasteiger partial charge in [0.1, 0.15) is 13.6 Å². The Hall–Kier alpha value is -0.240. The van der Waals surface area contributed by atoms with Crippen molar-refractivity contribution in [2.75, 3.05) is 41.0 Å². The molecule has 1 saturated carbocycles. The van der Waals surface area contributed by atoms with Crippen molar-refractivity contribution in [2.24, 2.45) is 11.8 Å². The van der Waals surface area contributed by atoms with Gasteiger partial charge in [0.15, 0.2) is 0 Å². The predicted molar refractivity (Wildman–Crippen MR) is 59.3 cm³/mol. The minimum Gasteiger partial charge on any atom is -0.396 e. The highest BCUT2D eigenvalue weighted by Gasteiger charge is 2.42. The van der Waals surface area contributed by atoms with Gasteiger partial charge in [0, 0.05) is 39.1 Å². The minimum absolute atomic E-state index is 0.0414. The highest BCUT2D eigenvalue weighted by atomic mass is 16.7. The molecule has 1 aliphatic rings. The van der Waals surface area contributed by atoms with E-state index in [9.17, 15) is 10.2 Å². The van der Waals surface area contributed by atoms with Crippen molar-refractivity contribution in [1.29, 1.82) is 0 Å².